The molecule has 0 atom stereocenters. The van der Waals surface area contributed by atoms with Crippen LogP contribution in [0.1, 0.15) is 11.5 Å². The topological polar surface area (TPSA) is 35.6 Å². The molecule has 2 aromatic heterocycles. The Labute approximate surface area is 126 Å². The van der Waals surface area contributed by atoms with Crippen LogP contribution >= 0.6 is 23.2 Å². The van der Waals surface area contributed by atoms with Crippen LogP contribution in [0, 0.1) is 0 Å². The van der Waals surface area contributed by atoms with Crippen LogP contribution in [0.2, 0.25) is 5.02 Å². The molecule has 104 valence electrons. The fourth-order valence-corrected chi connectivity index (χ4v) is 2.74. The van der Waals surface area contributed by atoms with Gasteiger partial charge in [-0.05, 0) is 24.3 Å². The fraction of sp³-hybridized carbons (Fsp3) is 0.286. The molecule has 0 spiro atoms. The quantitative estimate of drug-likeness (QED) is 0.692. The molecule has 3 aromatic rings. The van der Waals surface area contributed by atoms with Crippen molar-refractivity contribution in [2.45, 2.75) is 18.8 Å². The summed E-state index contributed by atoms with van der Waals surface area (Å²) in [6.07, 6.45) is 2.68. The first-order valence-corrected chi connectivity index (χ1v) is 7.28. The van der Waals surface area contributed by atoms with E-state index in [9.17, 15) is 0 Å². The number of rotatable bonds is 4. The molecular formula is C14H14Cl2N4. The molecule has 0 N–H and O–H groups in total. The van der Waals surface area contributed by atoms with Crippen LogP contribution in [0.15, 0.2) is 30.5 Å². The third-order valence-corrected chi connectivity index (χ3v) is 3.90. The Morgan fingerprint density at radius 2 is 2.10 bits per heavy atom. The van der Waals surface area contributed by atoms with Crippen LogP contribution in [0.3, 0.4) is 0 Å². The molecule has 0 aliphatic heterocycles. The first-order valence-electron chi connectivity index (χ1n) is 6.36. The van der Waals surface area contributed by atoms with E-state index in [0.717, 1.165) is 29.8 Å². The lowest BCUT2D eigenvalue weighted by molar-refractivity contribution is 0.634. The van der Waals surface area contributed by atoms with Gasteiger partial charge in [-0.3, -0.25) is 4.68 Å². The molecule has 0 radical (unpaired) electrons. The third kappa shape index (κ3) is 2.41. The lowest BCUT2D eigenvalue weighted by Crippen LogP contribution is -2.08. The average molecular weight is 309 g/mol. The van der Waals surface area contributed by atoms with Gasteiger partial charge >= 0.3 is 0 Å². The summed E-state index contributed by atoms with van der Waals surface area (Å²) in [5.41, 5.74) is 3.12. The largest absolute Gasteiger partial charge is 0.327 e. The Morgan fingerprint density at radius 3 is 2.80 bits per heavy atom. The predicted molar refractivity (Wildman–Crippen MR) is 81.2 cm³/mol. The molecule has 3 rings (SSSR count). The molecule has 0 fully saturated rings. The van der Waals surface area contributed by atoms with Gasteiger partial charge in [0.2, 0.25) is 0 Å². The first kappa shape index (κ1) is 13.5. The summed E-state index contributed by atoms with van der Waals surface area (Å²) in [6.45, 7) is 0.804. The minimum Gasteiger partial charge on any atom is -0.327 e. The van der Waals surface area contributed by atoms with Gasteiger partial charge in [0.1, 0.15) is 5.82 Å². The highest BCUT2D eigenvalue weighted by Crippen LogP contribution is 2.22. The minimum atomic E-state index is 0.387. The second kappa shape index (κ2) is 5.46. The molecule has 2 heterocycles. The van der Waals surface area contributed by atoms with E-state index >= 15 is 0 Å². The molecular weight excluding hydrogens is 295 g/mol. The van der Waals surface area contributed by atoms with Crippen molar-refractivity contribution in [1.29, 1.82) is 0 Å². The Kier molecular flexibility index (Phi) is 3.68. The summed E-state index contributed by atoms with van der Waals surface area (Å²) >= 11 is 12.1. The molecule has 20 heavy (non-hydrogen) atoms. The summed E-state index contributed by atoms with van der Waals surface area (Å²) in [4.78, 5) is 4.54. The maximum Gasteiger partial charge on any atom is 0.124 e. The number of aryl methyl sites for hydroxylation is 3. The fourth-order valence-electron chi connectivity index (χ4n) is 2.37. The number of hydrogen-bond donors (Lipinski definition) is 0. The Morgan fingerprint density at radius 1 is 1.25 bits per heavy atom. The molecule has 0 aliphatic carbocycles. The standard InChI is InChI=1S/C14H14Cl2N4/c1-19-11(4-6-17-19)5-7-20-13-8-10(16)2-3-12(13)18-14(20)9-15/h2-4,6,8H,5,7,9H2,1H3. The van der Waals surface area contributed by atoms with Gasteiger partial charge in [-0.2, -0.15) is 5.10 Å². The molecule has 4 nitrogen and oxygen atoms in total. The average Bonchev–Trinajstić information content (AvgIpc) is 2.99. The predicted octanol–water partition coefficient (Wildman–Crippen LogP) is 3.40. The summed E-state index contributed by atoms with van der Waals surface area (Å²) in [5.74, 6) is 1.25. The van der Waals surface area contributed by atoms with Crippen LogP contribution in [-0.4, -0.2) is 19.3 Å². The zero-order chi connectivity index (χ0) is 14.1. The van der Waals surface area contributed by atoms with Gasteiger partial charge in [0.25, 0.3) is 0 Å². The first-order chi connectivity index (χ1) is 9.69. The van der Waals surface area contributed by atoms with Crippen LogP contribution in [-0.2, 0) is 25.9 Å². The number of aromatic nitrogens is 4. The van der Waals surface area contributed by atoms with E-state index in [1.165, 1.54) is 5.69 Å². The van der Waals surface area contributed by atoms with E-state index in [1.807, 2.05) is 36.0 Å². The molecule has 0 saturated heterocycles. The van der Waals surface area contributed by atoms with Gasteiger partial charge < -0.3 is 4.57 Å². The van der Waals surface area contributed by atoms with Crippen LogP contribution in [0.4, 0.5) is 0 Å². The molecule has 1 aromatic carbocycles. The minimum absolute atomic E-state index is 0.387. The lowest BCUT2D eigenvalue weighted by atomic mass is 10.3. The maximum absolute atomic E-state index is 6.08. The smallest absolute Gasteiger partial charge is 0.124 e. The van der Waals surface area contributed by atoms with Crippen molar-refractivity contribution in [2.24, 2.45) is 7.05 Å². The number of fused-ring (bicyclic) bond motifs is 1. The van der Waals surface area contributed by atoms with E-state index in [1.54, 1.807) is 6.20 Å². The van der Waals surface area contributed by atoms with Gasteiger partial charge in [-0.1, -0.05) is 11.6 Å². The van der Waals surface area contributed by atoms with Gasteiger partial charge in [-0.15, -0.1) is 11.6 Å². The van der Waals surface area contributed by atoms with Crippen LogP contribution in [0.25, 0.3) is 11.0 Å². The van der Waals surface area contributed by atoms with Crippen molar-refractivity contribution in [2.75, 3.05) is 0 Å². The van der Waals surface area contributed by atoms with E-state index < -0.39 is 0 Å². The van der Waals surface area contributed by atoms with Gasteiger partial charge in [0.05, 0.1) is 16.9 Å². The van der Waals surface area contributed by atoms with Crippen molar-refractivity contribution < 1.29 is 0 Å². The van der Waals surface area contributed by atoms with Crippen molar-refractivity contribution in [1.82, 2.24) is 19.3 Å². The van der Waals surface area contributed by atoms with E-state index in [-0.39, 0.29) is 0 Å². The summed E-state index contributed by atoms with van der Waals surface area (Å²) in [6, 6.07) is 7.73. The van der Waals surface area contributed by atoms with Crippen molar-refractivity contribution in [3.05, 3.63) is 47.0 Å². The Hall–Kier alpha value is -1.52. The van der Waals surface area contributed by atoms with Gasteiger partial charge in [0.15, 0.2) is 0 Å². The molecule has 6 heteroatoms. The second-order valence-corrected chi connectivity index (χ2v) is 5.35. The summed E-state index contributed by atoms with van der Waals surface area (Å²) in [7, 11) is 1.95. The number of benzene rings is 1. The highest BCUT2D eigenvalue weighted by Gasteiger charge is 2.11. The maximum atomic E-state index is 6.08. The summed E-state index contributed by atoms with van der Waals surface area (Å²) in [5, 5.41) is 4.89. The molecule has 0 saturated carbocycles. The van der Waals surface area contributed by atoms with Gasteiger partial charge in [0, 0.05) is 36.9 Å². The van der Waals surface area contributed by atoms with Crippen LogP contribution < -0.4 is 0 Å². The number of hydrogen-bond acceptors (Lipinski definition) is 2. The SMILES string of the molecule is Cn1nccc1CCn1c(CCl)nc2ccc(Cl)cc21. The Bertz CT molecular complexity index is 745. The molecule has 0 bridgehead atoms. The van der Waals surface area contributed by atoms with E-state index in [4.69, 9.17) is 23.2 Å². The lowest BCUT2D eigenvalue weighted by Gasteiger charge is -2.08. The zero-order valence-electron chi connectivity index (χ0n) is 11.1. The third-order valence-electron chi connectivity index (χ3n) is 3.42. The molecule has 0 unspecified atom stereocenters. The Balaban J connectivity index is 1.97. The number of halogens is 2. The number of imidazole rings is 1. The van der Waals surface area contributed by atoms with E-state index in [2.05, 4.69) is 14.6 Å². The monoisotopic (exact) mass is 308 g/mol. The zero-order valence-corrected chi connectivity index (χ0v) is 12.6. The highest BCUT2D eigenvalue weighted by molar-refractivity contribution is 6.31. The van der Waals surface area contributed by atoms with Crippen molar-refractivity contribution in [3.8, 4) is 0 Å². The molecule has 0 amide bonds. The van der Waals surface area contributed by atoms with Crippen LogP contribution in [0.5, 0.6) is 0 Å². The van der Waals surface area contributed by atoms with Gasteiger partial charge in [-0.25, -0.2) is 4.98 Å². The second-order valence-electron chi connectivity index (χ2n) is 4.64. The van der Waals surface area contributed by atoms with E-state index in [0.29, 0.717) is 10.9 Å². The van der Waals surface area contributed by atoms with Crippen molar-refractivity contribution in [3.63, 3.8) is 0 Å². The highest BCUT2D eigenvalue weighted by atomic mass is 35.5. The van der Waals surface area contributed by atoms with Crippen molar-refractivity contribution >= 4 is 34.2 Å². The normalized spacial score (nSPS) is 11.3. The number of alkyl halides is 1. The number of nitrogens with zero attached hydrogens (tertiary/aromatic N) is 4. The summed E-state index contributed by atoms with van der Waals surface area (Å²) < 4.78 is 4.01. The molecule has 0 aliphatic rings.